The monoisotopic (exact) mass is 157 g/mol. The first kappa shape index (κ1) is 9.01. The number of rotatable bonds is 3. The van der Waals surface area contributed by atoms with E-state index in [2.05, 4.69) is 32.8 Å². The van der Waals surface area contributed by atoms with Crippen molar-refractivity contribution in [1.29, 1.82) is 0 Å². The average Bonchev–Trinajstić information content (AvgIpc) is 2.41. The molecule has 0 aromatic carbocycles. The topological polar surface area (TPSA) is 23.5 Å². The summed E-state index contributed by atoms with van der Waals surface area (Å²) in [5.41, 5.74) is 0.212. The van der Waals surface area contributed by atoms with Gasteiger partial charge in [-0.25, -0.2) is 0 Å². The Morgan fingerprint density at radius 1 is 1.27 bits per heavy atom. The zero-order valence-corrected chi connectivity index (χ0v) is 7.96. The maximum Gasteiger partial charge on any atom is 0.0505 e. The van der Waals surface area contributed by atoms with E-state index in [0.717, 1.165) is 6.54 Å². The third-order valence-corrected chi connectivity index (χ3v) is 3.36. The van der Waals surface area contributed by atoms with Gasteiger partial charge in [0.05, 0.1) is 6.61 Å². The molecule has 0 aliphatic heterocycles. The van der Waals surface area contributed by atoms with Crippen molar-refractivity contribution in [3.63, 3.8) is 0 Å². The number of aliphatic hydroxyl groups excluding tert-OH is 1. The van der Waals surface area contributed by atoms with E-state index in [9.17, 15) is 5.11 Å². The summed E-state index contributed by atoms with van der Waals surface area (Å²) < 4.78 is 0. The number of hydrogen-bond acceptors (Lipinski definition) is 2. The molecule has 11 heavy (non-hydrogen) atoms. The highest BCUT2D eigenvalue weighted by atomic mass is 16.3. The second kappa shape index (κ2) is 2.76. The van der Waals surface area contributed by atoms with Crippen LogP contribution in [-0.4, -0.2) is 37.3 Å². The van der Waals surface area contributed by atoms with Crippen molar-refractivity contribution in [1.82, 2.24) is 4.90 Å². The molecule has 1 aliphatic rings. The summed E-state index contributed by atoms with van der Waals surface area (Å²) in [6.07, 6.45) is 0. The molecule has 2 atom stereocenters. The molecule has 2 nitrogen and oxygen atoms in total. The Kier molecular flexibility index (Phi) is 2.26. The van der Waals surface area contributed by atoms with Crippen LogP contribution in [0.2, 0.25) is 0 Å². The van der Waals surface area contributed by atoms with E-state index in [1.165, 1.54) is 0 Å². The normalized spacial score (nSPS) is 43.1. The van der Waals surface area contributed by atoms with Gasteiger partial charge in [0.25, 0.3) is 0 Å². The maximum atomic E-state index is 9.22. The summed E-state index contributed by atoms with van der Waals surface area (Å²) in [6.45, 7) is 5.81. The Balaban J connectivity index is 2.52. The quantitative estimate of drug-likeness (QED) is 0.655. The summed E-state index contributed by atoms with van der Waals surface area (Å²) in [6, 6.07) is 0. The van der Waals surface area contributed by atoms with E-state index >= 15 is 0 Å². The summed E-state index contributed by atoms with van der Waals surface area (Å²) in [7, 11) is 4.13. The van der Waals surface area contributed by atoms with Gasteiger partial charge in [0.2, 0.25) is 0 Å². The zero-order chi connectivity index (χ0) is 8.65. The first-order chi connectivity index (χ1) is 5.04. The Bertz CT molecular complexity index is 136. The van der Waals surface area contributed by atoms with Gasteiger partial charge in [-0.2, -0.15) is 0 Å². The van der Waals surface area contributed by atoms with Crippen LogP contribution in [-0.2, 0) is 0 Å². The van der Waals surface area contributed by atoms with E-state index in [1.54, 1.807) is 0 Å². The molecular formula is C9H19NO. The third kappa shape index (κ3) is 1.30. The molecule has 2 heteroatoms. The molecule has 0 heterocycles. The van der Waals surface area contributed by atoms with E-state index < -0.39 is 0 Å². The molecule has 0 amide bonds. The van der Waals surface area contributed by atoms with Gasteiger partial charge in [-0.05, 0) is 25.9 Å². The van der Waals surface area contributed by atoms with Crippen LogP contribution in [0.1, 0.15) is 13.8 Å². The molecule has 1 aliphatic carbocycles. The van der Waals surface area contributed by atoms with Crippen molar-refractivity contribution in [3.8, 4) is 0 Å². The van der Waals surface area contributed by atoms with Gasteiger partial charge in [0, 0.05) is 12.0 Å². The molecule has 1 rings (SSSR count). The van der Waals surface area contributed by atoms with Crippen molar-refractivity contribution in [3.05, 3.63) is 0 Å². The van der Waals surface area contributed by atoms with E-state index in [4.69, 9.17) is 0 Å². The predicted molar refractivity (Wildman–Crippen MR) is 46.4 cm³/mol. The number of aliphatic hydroxyl groups is 1. The van der Waals surface area contributed by atoms with Crippen molar-refractivity contribution in [2.75, 3.05) is 27.2 Å². The van der Waals surface area contributed by atoms with Gasteiger partial charge < -0.3 is 10.0 Å². The lowest BCUT2D eigenvalue weighted by Gasteiger charge is -2.19. The molecule has 0 bridgehead atoms. The Labute approximate surface area is 69.2 Å². The molecule has 0 aromatic heterocycles. The summed E-state index contributed by atoms with van der Waals surface area (Å²) in [5.74, 6) is 1.38. The minimum Gasteiger partial charge on any atom is -0.396 e. The Morgan fingerprint density at radius 3 is 1.82 bits per heavy atom. The molecule has 2 unspecified atom stereocenters. The average molecular weight is 157 g/mol. The fraction of sp³-hybridized carbons (Fsp3) is 1.00. The van der Waals surface area contributed by atoms with E-state index in [-0.39, 0.29) is 5.41 Å². The molecule has 1 fully saturated rings. The lowest BCUT2D eigenvalue weighted by Crippen LogP contribution is -2.27. The molecule has 0 radical (unpaired) electrons. The highest BCUT2D eigenvalue weighted by Gasteiger charge is 2.58. The predicted octanol–water partition coefficient (Wildman–Crippen LogP) is 0.812. The molecule has 0 saturated heterocycles. The van der Waals surface area contributed by atoms with Crippen LogP contribution in [0.4, 0.5) is 0 Å². The summed E-state index contributed by atoms with van der Waals surface area (Å²) in [5, 5.41) is 9.22. The second-order valence-corrected chi connectivity index (χ2v) is 4.21. The van der Waals surface area contributed by atoms with Crippen molar-refractivity contribution >= 4 is 0 Å². The van der Waals surface area contributed by atoms with Gasteiger partial charge >= 0.3 is 0 Å². The minimum atomic E-state index is 0.212. The fourth-order valence-electron chi connectivity index (χ4n) is 2.16. The zero-order valence-electron chi connectivity index (χ0n) is 7.96. The molecule has 0 aromatic rings. The van der Waals surface area contributed by atoms with Gasteiger partial charge in [-0.3, -0.25) is 0 Å². The van der Waals surface area contributed by atoms with Crippen molar-refractivity contribution < 1.29 is 5.11 Å². The van der Waals surface area contributed by atoms with Crippen LogP contribution in [0.5, 0.6) is 0 Å². The molecule has 1 N–H and O–H groups in total. The number of nitrogens with zero attached hydrogens (tertiary/aromatic N) is 1. The smallest absolute Gasteiger partial charge is 0.0505 e. The summed E-state index contributed by atoms with van der Waals surface area (Å²) >= 11 is 0. The first-order valence-corrected chi connectivity index (χ1v) is 4.30. The lowest BCUT2D eigenvalue weighted by atomic mass is 10.0. The Morgan fingerprint density at radius 2 is 1.73 bits per heavy atom. The SMILES string of the molecule is CC1C(C)C1(CO)CN(C)C. The van der Waals surface area contributed by atoms with Gasteiger partial charge in [0.1, 0.15) is 0 Å². The van der Waals surface area contributed by atoms with Gasteiger partial charge in [-0.15, -0.1) is 0 Å². The second-order valence-electron chi connectivity index (χ2n) is 4.21. The van der Waals surface area contributed by atoms with Crippen molar-refractivity contribution in [2.45, 2.75) is 13.8 Å². The largest absolute Gasteiger partial charge is 0.396 e. The molecule has 1 saturated carbocycles. The third-order valence-electron chi connectivity index (χ3n) is 3.36. The standard InChI is InChI=1S/C9H19NO/c1-7-8(2)9(7,6-11)5-10(3)4/h7-8,11H,5-6H2,1-4H3. The highest BCUT2D eigenvalue weighted by molar-refractivity contribution is 5.07. The first-order valence-electron chi connectivity index (χ1n) is 4.30. The van der Waals surface area contributed by atoms with Gasteiger partial charge in [0.15, 0.2) is 0 Å². The van der Waals surface area contributed by atoms with Crippen LogP contribution < -0.4 is 0 Å². The van der Waals surface area contributed by atoms with Crippen LogP contribution in [0.3, 0.4) is 0 Å². The molecule has 0 spiro atoms. The number of hydrogen-bond donors (Lipinski definition) is 1. The van der Waals surface area contributed by atoms with E-state index in [0.29, 0.717) is 18.4 Å². The van der Waals surface area contributed by atoms with Crippen LogP contribution in [0.15, 0.2) is 0 Å². The van der Waals surface area contributed by atoms with Gasteiger partial charge in [-0.1, -0.05) is 13.8 Å². The van der Waals surface area contributed by atoms with Crippen LogP contribution in [0.25, 0.3) is 0 Å². The molecule has 66 valence electrons. The lowest BCUT2D eigenvalue weighted by molar-refractivity contribution is 0.157. The maximum absolute atomic E-state index is 9.22. The van der Waals surface area contributed by atoms with Crippen LogP contribution >= 0.6 is 0 Å². The van der Waals surface area contributed by atoms with Crippen molar-refractivity contribution in [2.24, 2.45) is 17.3 Å². The minimum absolute atomic E-state index is 0.212. The Hall–Kier alpha value is -0.0800. The van der Waals surface area contributed by atoms with E-state index in [1.807, 2.05) is 0 Å². The highest BCUT2D eigenvalue weighted by Crippen LogP contribution is 2.57. The van der Waals surface area contributed by atoms with Crippen LogP contribution in [0, 0.1) is 17.3 Å². The molecular weight excluding hydrogens is 138 g/mol. The fourth-order valence-corrected chi connectivity index (χ4v) is 2.16. The summed E-state index contributed by atoms with van der Waals surface area (Å²) in [4.78, 5) is 2.16.